The Labute approximate surface area is 102 Å². The molecule has 17 heavy (non-hydrogen) atoms. The van der Waals surface area contributed by atoms with E-state index in [2.05, 4.69) is 37.1 Å². The van der Waals surface area contributed by atoms with E-state index in [4.69, 9.17) is 5.73 Å². The third-order valence-electron chi connectivity index (χ3n) is 3.00. The van der Waals surface area contributed by atoms with Crippen LogP contribution in [0.3, 0.4) is 0 Å². The Morgan fingerprint density at radius 3 is 2.59 bits per heavy atom. The van der Waals surface area contributed by atoms with Gasteiger partial charge in [-0.3, -0.25) is 0 Å². The molecule has 0 aliphatic heterocycles. The van der Waals surface area contributed by atoms with Crippen molar-refractivity contribution in [3.63, 3.8) is 0 Å². The van der Waals surface area contributed by atoms with E-state index in [1.165, 1.54) is 5.69 Å². The molecule has 0 aliphatic carbocycles. The maximum absolute atomic E-state index is 5.78. The predicted molar refractivity (Wildman–Crippen MR) is 70.2 cm³/mol. The van der Waals surface area contributed by atoms with Gasteiger partial charge in [0.15, 0.2) is 0 Å². The van der Waals surface area contributed by atoms with Gasteiger partial charge in [0.25, 0.3) is 0 Å². The van der Waals surface area contributed by atoms with Crippen LogP contribution in [0.15, 0.2) is 30.3 Å². The zero-order valence-electron chi connectivity index (χ0n) is 10.5. The quantitative estimate of drug-likeness (QED) is 0.875. The number of aromatic nitrogens is 2. The summed E-state index contributed by atoms with van der Waals surface area (Å²) >= 11 is 0. The maximum atomic E-state index is 5.78. The van der Waals surface area contributed by atoms with Crippen LogP contribution in [0, 0.1) is 0 Å². The van der Waals surface area contributed by atoms with Crippen LogP contribution >= 0.6 is 0 Å². The van der Waals surface area contributed by atoms with E-state index in [9.17, 15) is 0 Å². The highest BCUT2D eigenvalue weighted by atomic mass is 15.3. The van der Waals surface area contributed by atoms with Crippen LogP contribution < -0.4 is 5.73 Å². The van der Waals surface area contributed by atoms with E-state index in [1.807, 2.05) is 16.8 Å². The van der Waals surface area contributed by atoms with Gasteiger partial charge in [-0.05, 0) is 30.5 Å². The minimum absolute atomic E-state index is 0.542. The van der Waals surface area contributed by atoms with Crippen LogP contribution in [0.2, 0.25) is 0 Å². The van der Waals surface area contributed by atoms with Gasteiger partial charge in [-0.15, -0.1) is 0 Å². The average molecular weight is 229 g/mol. The number of nitrogens with two attached hydrogens (primary N) is 1. The molecule has 0 atom stereocenters. The van der Waals surface area contributed by atoms with E-state index in [-0.39, 0.29) is 0 Å². The molecule has 0 aliphatic rings. The number of rotatable bonds is 4. The van der Waals surface area contributed by atoms with E-state index in [0.717, 1.165) is 29.8 Å². The van der Waals surface area contributed by atoms with Gasteiger partial charge in [0, 0.05) is 12.2 Å². The summed E-state index contributed by atoms with van der Waals surface area (Å²) < 4.78 is 2.03. The summed E-state index contributed by atoms with van der Waals surface area (Å²) in [5, 5.41) is 4.64. The van der Waals surface area contributed by atoms with Gasteiger partial charge >= 0.3 is 0 Å². The van der Waals surface area contributed by atoms with Crippen LogP contribution in [-0.2, 0) is 19.4 Å². The van der Waals surface area contributed by atoms with Crippen molar-refractivity contribution in [2.24, 2.45) is 5.73 Å². The van der Waals surface area contributed by atoms with Crippen molar-refractivity contribution in [2.75, 3.05) is 0 Å². The van der Waals surface area contributed by atoms with Gasteiger partial charge in [0.2, 0.25) is 0 Å². The second kappa shape index (κ2) is 5.15. The predicted octanol–water partition coefficient (Wildman–Crippen LogP) is 2.46. The molecule has 0 saturated carbocycles. The lowest BCUT2D eigenvalue weighted by molar-refractivity contribution is 0.783. The maximum Gasteiger partial charge on any atom is 0.0693 e. The summed E-state index contributed by atoms with van der Waals surface area (Å²) in [6, 6.07) is 10.4. The molecule has 1 aromatic carbocycles. The van der Waals surface area contributed by atoms with Crippen LogP contribution in [0.25, 0.3) is 5.69 Å². The number of hydrogen-bond donors (Lipinski definition) is 1. The van der Waals surface area contributed by atoms with Gasteiger partial charge in [-0.1, -0.05) is 32.0 Å². The summed E-state index contributed by atoms with van der Waals surface area (Å²) in [5.74, 6) is 0. The van der Waals surface area contributed by atoms with Crippen LogP contribution in [-0.4, -0.2) is 9.78 Å². The van der Waals surface area contributed by atoms with Crippen molar-refractivity contribution in [2.45, 2.75) is 33.2 Å². The van der Waals surface area contributed by atoms with Crippen molar-refractivity contribution in [1.29, 1.82) is 0 Å². The first-order valence-electron chi connectivity index (χ1n) is 6.16. The first-order valence-corrected chi connectivity index (χ1v) is 6.16. The summed E-state index contributed by atoms with van der Waals surface area (Å²) in [7, 11) is 0. The highest BCUT2D eigenvalue weighted by Gasteiger charge is 2.09. The minimum atomic E-state index is 0.542. The Balaban J connectivity index is 2.54. The van der Waals surface area contributed by atoms with E-state index < -0.39 is 0 Å². The smallest absolute Gasteiger partial charge is 0.0693 e. The Bertz CT molecular complexity index is 500. The number of benzene rings is 1. The van der Waals surface area contributed by atoms with Crippen molar-refractivity contribution in [1.82, 2.24) is 9.78 Å². The molecule has 1 aromatic heterocycles. The largest absolute Gasteiger partial charge is 0.326 e. The highest BCUT2D eigenvalue weighted by molar-refractivity contribution is 5.42. The Hall–Kier alpha value is -1.61. The summed E-state index contributed by atoms with van der Waals surface area (Å²) in [6.07, 6.45) is 1.94. The van der Waals surface area contributed by atoms with E-state index in [1.54, 1.807) is 0 Å². The minimum Gasteiger partial charge on any atom is -0.326 e. The molecule has 0 spiro atoms. The van der Waals surface area contributed by atoms with E-state index >= 15 is 0 Å². The molecule has 3 heteroatoms. The zero-order chi connectivity index (χ0) is 12.3. The second-order valence-electron chi connectivity index (χ2n) is 4.08. The molecule has 0 bridgehead atoms. The van der Waals surface area contributed by atoms with Crippen molar-refractivity contribution in [3.05, 3.63) is 47.3 Å². The molecule has 0 saturated heterocycles. The molecule has 2 rings (SSSR count). The van der Waals surface area contributed by atoms with Gasteiger partial charge < -0.3 is 5.73 Å². The first-order chi connectivity index (χ1) is 8.30. The third kappa shape index (κ3) is 2.24. The Morgan fingerprint density at radius 1 is 1.18 bits per heavy atom. The lowest BCUT2D eigenvalue weighted by Crippen LogP contribution is -2.08. The molecule has 90 valence electrons. The molecule has 2 N–H and O–H groups in total. The summed E-state index contributed by atoms with van der Waals surface area (Å²) in [5.41, 5.74) is 10.4. The molecule has 0 unspecified atom stereocenters. The second-order valence-corrected chi connectivity index (χ2v) is 4.08. The molecule has 1 heterocycles. The van der Waals surface area contributed by atoms with Crippen LogP contribution in [0.4, 0.5) is 0 Å². The van der Waals surface area contributed by atoms with Crippen molar-refractivity contribution < 1.29 is 0 Å². The number of hydrogen-bond acceptors (Lipinski definition) is 2. The molecule has 3 nitrogen and oxygen atoms in total. The lowest BCUT2D eigenvalue weighted by Gasteiger charge is -2.10. The SMILES string of the molecule is CCc1cc(CC)n(-c2ccccc2CN)n1. The zero-order valence-corrected chi connectivity index (χ0v) is 10.5. The van der Waals surface area contributed by atoms with E-state index in [0.29, 0.717) is 6.54 Å². The van der Waals surface area contributed by atoms with Gasteiger partial charge in [-0.2, -0.15) is 5.10 Å². The molecule has 0 amide bonds. The standard InChI is InChI=1S/C14H19N3/c1-3-12-9-13(4-2)17(16-12)14-8-6-5-7-11(14)10-15/h5-9H,3-4,10,15H2,1-2H3. The third-order valence-corrected chi connectivity index (χ3v) is 3.00. The number of para-hydroxylation sites is 1. The van der Waals surface area contributed by atoms with Gasteiger partial charge in [0.1, 0.15) is 0 Å². The first kappa shape index (κ1) is 11.9. The Kier molecular flexibility index (Phi) is 3.59. The molecule has 0 fully saturated rings. The van der Waals surface area contributed by atoms with Crippen molar-refractivity contribution >= 4 is 0 Å². The fourth-order valence-electron chi connectivity index (χ4n) is 2.00. The number of nitrogens with zero attached hydrogens (tertiary/aromatic N) is 2. The summed E-state index contributed by atoms with van der Waals surface area (Å²) in [6.45, 7) is 4.82. The monoisotopic (exact) mass is 229 g/mol. The topological polar surface area (TPSA) is 43.8 Å². The van der Waals surface area contributed by atoms with Gasteiger partial charge in [-0.25, -0.2) is 4.68 Å². The van der Waals surface area contributed by atoms with Gasteiger partial charge in [0.05, 0.1) is 11.4 Å². The Morgan fingerprint density at radius 2 is 1.94 bits per heavy atom. The van der Waals surface area contributed by atoms with Crippen molar-refractivity contribution in [3.8, 4) is 5.69 Å². The fourth-order valence-corrected chi connectivity index (χ4v) is 2.00. The molecule has 0 radical (unpaired) electrons. The number of aryl methyl sites for hydroxylation is 2. The van der Waals surface area contributed by atoms with Crippen LogP contribution in [0.1, 0.15) is 30.8 Å². The van der Waals surface area contributed by atoms with Crippen LogP contribution in [0.5, 0.6) is 0 Å². The molecule has 2 aromatic rings. The highest BCUT2D eigenvalue weighted by Crippen LogP contribution is 2.17. The normalized spacial score (nSPS) is 10.8. The fraction of sp³-hybridized carbons (Fsp3) is 0.357. The molecular formula is C14H19N3. The summed E-state index contributed by atoms with van der Waals surface area (Å²) in [4.78, 5) is 0. The molecular weight excluding hydrogens is 210 g/mol. The average Bonchev–Trinajstić information content (AvgIpc) is 2.81. The lowest BCUT2D eigenvalue weighted by atomic mass is 10.1.